The third-order valence-corrected chi connectivity index (χ3v) is 4.39. The van der Waals surface area contributed by atoms with Crippen LogP contribution in [0.4, 0.5) is 0 Å². The van der Waals surface area contributed by atoms with Gasteiger partial charge in [0.25, 0.3) is 0 Å². The second-order valence-electron chi connectivity index (χ2n) is 6.50. The lowest BCUT2D eigenvalue weighted by Gasteiger charge is -2.29. The van der Waals surface area contributed by atoms with Crippen molar-refractivity contribution in [3.8, 4) is 0 Å². The highest BCUT2D eigenvalue weighted by Crippen LogP contribution is 2.14. The largest absolute Gasteiger partial charge is 0.393 e. The highest BCUT2D eigenvalue weighted by Gasteiger charge is 2.16. The lowest BCUT2D eigenvalue weighted by atomic mass is 10.1. The van der Waals surface area contributed by atoms with Crippen LogP contribution in [0, 0.1) is 0 Å². The number of benzene rings is 1. The number of nitrogens with one attached hydrogen (secondary N) is 1. The molecule has 1 aliphatic heterocycles. The highest BCUT2D eigenvalue weighted by atomic mass is 127. The molecule has 0 aliphatic carbocycles. The number of guanidine groups is 1. The Hall–Kier alpha value is -0.900. The van der Waals surface area contributed by atoms with E-state index in [9.17, 15) is 5.11 Å². The lowest BCUT2D eigenvalue weighted by molar-refractivity contribution is 0.0792. The van der Waals surface area contributed by atoms with Crippen LogP contribution in [-0.4, -0.2) is 54.9 Å². The number of piperidine rings is 1. The Kier molecular flexibility index (Phi) is 11.8. The number of likely N-dealkylation sites (tertiary alicyclic amines) is 1. The Bertz CT molecular complexity index is 517. The molecule has 0 bridgehead atoms. The van der Waals surface area contributed by atoms with Gasteiger partial charge < -0.3 is 20.9 Å². The van der Waals surface area contributed by atoms with Gasteiger partial charge in [-0.2, -0.15) is 0 Å². The summed E-state index contributed by atoms with van der Waals surface area (Å²) in [6, 6.07) is 8.53. The number of hydrogen-bond acceptors (Lipinski definition) is 4. The fourth-order valence-electron chi connectivity index (χ4n) is 2.85. The predicted molar refractivity (Wildman–Crippen MR) is 117 cm³/mol. The van der Waals surface area contributed by atoms with Gasteiger partial charge in [-0.15, -0.1) is 24.0 Å². The number of ether oxygens (including phenoxy) is 1. The maximum Gasteiger partial charge on any atom is 0.188 e. The van der Waals surface area contributed by atoms with Crippen LogP contribution in [0.3, 0.4) is 0 Å². The van der Waals surface area contributed by atoms with E-state index in [2.05, 4.69) is 39.5 Å². The van der Waals surface area contributed by atoms with Crippen LogP contribution in [-0.2, 0) is 17.8 Å². The van der Waals surface area contributed by atoms with Crippen molar-refractivity contribution in [3.05, 3.63) is 35.4 Å². The zero-order valence-corrected chi connectivity index (χ0v) is 18.0. The van der Waals surface area contributed by atoms with E-state index in [1.807, 2.05) is 6.92 Å². The molecule has 1 heterocycles. The molecule has 148 valence electrons. The van der Waals surface area contributed by atoms with Gasteiger partial charge in [0.1, 0.15) is 0 Å². The zero-order valence-electron chi connectivity index (χ0n) is 15.7. The van der Waals surface area contributed by atoms with Crippen LogP contribution in [0.1, 0.15) is 37.3 Å². The Labute approximate surface area is 174 Å². The summed E-state index contributed by atoms with van der Waals surface area (Å²) in [5, 5.41) is 12.7. The molecule has 2 rings (SSSR count). The first-order valence-corrected chi connectivity index (χ1v) is 9.27. The Morgan fingerprint density at radius 2 is 1.92 bits per heavy atom. The summed E-state index contributed by atoms with van der Waals surface area (Å²) in [4.78, 5) is 6.76. The van der Waals surface area contributed by atoms with Gasteiger partial charge in [0.15, 0.2) is 5.96 Å². The van der Waals surface area contributed by atoms with Gasteiger partial charge >= 0.3 is 0 Å². The first-order valence-electron chi connectivity index (χ1n) is 9.27. The average molecular weight is 476 g/mol. The van der Waals surface area contributed by atoms with Crippen LogP contribution < -0.4 is 11.1 Å². The van der Waals surface area contributed by atoms with E-state index in [1.165, 1.54) is 5.56 Å². The molecular formula is C19H33IN4O2. The molecule has 0 aromatic heterocycles. The standard InChI is InChI=1S/C19H32N4O2.HI/c1-2-25-13-3-10-21-19(20)22-14-16-4-6-17(7-5-16)15-23-11-8-18(24)9-12-23;/h4-7,18,24H,2-3,8-15H2,1H3,(H3,20,21,22);1H. The molecule has 1 fully saturated rings. The summed E-state index contributed by atoms with van der Waals surface area (Å²) in [5.41, 5.74) is 8.32. The van der Waals surface area contributed by atoms with Crippen molar-refractivity contribution < 1.29 is 9.84 Å². The number of aliphatic hydroxyl groups excluding tert-OH is 1. The molecule has 7 heteroatoms. The van der Waals surface area contributed by atoms with E-state index < -0.39 is 0 Å². The summed E-state index contributed by atoms with van der Waals surface area (Å²) in [6.07, 6.45) is 2.56. The number of nitrogens with zero attached hydrogens (tertiary/aromatic N) is 2. The van der Waals surface area contributed by atoms with Crippen LogP contribution in [0.2, 0.25) is 0 Å². The zero-order chi connectivity index (χ0) is 17.9. The Morgan fingerprint density at radius 3 is 2.58 bits per heavy atom. The first kappa shape index (κ1) is 23.1. The van der Waals surface area contributed by atoms with Gasteiger partial charge in [0, 0.05) is 39.4 Å². The van der Waals surface area contributed by atoms with Crippen molar-refractivity contribution in [1.82, 2.24) is 10.2 Å². The van der Waals surface area contributed by atoms with E-state index in [1.54, 1.807) is 0 Å². The molecule has 0 spiro atoms. The summed E-state index contributed by atoms with van der Waals surface area (Å²) >= 11 is 0. The summed E-state index contributed by atoms with van der Waals surface area (Å²) in [7, 11) is 0. The number of aliphatic imine (C=N–C) groups is 1. The number of rotatable bonds is 9. The second-order valence-corrected chi connectivity index (χ2v) is 6.50. The molecular weight excluding hydrogens is 443 g/mol. The van der Waals surface area contributed by atoms with Gasteiger partial charge in [-0.3, -0.25) is 4.90 Å². The minimum atomic E-state index is -0.116. The highest BCUT2D eigenvalue weighted by molar-refractivity contribution is 14.0. The maximum atomic E-state index is 9.56. The minimum Gasteiger partial charge on any atom is -0.393 e. The van der Waals surface area contributed by atoms with Crippen LogP contribution in [0.5, 0.6) is 0 Å². The SMILES string of the molecule is CCOCCCNC(N)=NCc1ccc(CN2CCC(O)CC2)cc1.I. The molecule has 0 amide bonds. The smallest absolute Gasteiger partial charge is 0.188 e. The van der Waals surface area contributed by atoms with E-state index in [4.69, 9.17) is 10.5 Å². The fourth-order valence-corrected chi connectivity index (χ4v) is 2.85. The van der Waals surface area contributed by atoms with Gasteiger partial charge in [-0.25, -0.2) is 4.99 Å². The van der Waals surface area contributed by atoms with Crippen LogP contribution in [0.15, 0.2) is 29.3 Å². The molecule has 0 unspecified atom stereocenters. The van der Waals surface area contributed by atoms with E-state index in [0.29, 0.717) is 12.5 Å². The molecule has 26 heavy (non-hydrogen) atoms. The van der Waals surface area contributed by atoms with Crippen molar-refractivity contribution in [2.45, 2.75) is 45.4 Å². The molecule has 0 saturated carbocycles. The van der Waals surface area contributed by atoms with Gasteiger partial charge in [-0.1, -0.05) is 24.3 Å². The molecule has 1 aliphatic rings. The van der Waals surface area contributed by atoms with Gasteiger partial charge in [-0.05, 0) is 37.3 Å². The molecule has 0 atom stereocenters. The van der Waals surface area contributed by atoms with Crippen LogP contribution in [0.25, 0.3) is 0 Å². The van der Waals surface area contributed by atoms with Crippen LogP contribution >= 0.6 is 24.0 Å². The van der Waals surface area contributed by atoms with Gasteiger partial charge in [0.2, 0.25) is 0 Å². The topological polar surface area (TPSA) is 83.1 Å². The number of aliphatic hydroxyl groups is 1. The number of hydrogen-bond donors (Lipinski definition) is 3. The summed E-state index contributed by atoms with van der Waals surface area (Å²) < 4.78 is 5.28. The Balaban J connectivity index is 0.00000338. The predicted octanol–water partition coefficient (Wildman–Crippen LogP) is 2.09. The third-order valence-electron chi connectivity index (χ3n) is 4.39. The maximum absolute atomic E-state index is 9.56. The first-order chi connectivity index (χ1) is 12.2. The molecule has 1 aromatic rings. The minimum absolute atomic E-state index is 0. The number of nitrogens with two attached hydrogens (primary N) is 1. The lowest BCUT2D eigenvalue weighted by Crippen LogP contribution is -2.35. The van der Waals surface area contributed by atoms with Crippen molar-refractivity contribution in [3.63, 3.8) is 0 Å². The van der Waals surface area contributed by atoms with Crippen molar-refractivity contribution in [2.75, 3.05) is 32.8 Å². The molecule has 1 aromatic carbocycles. The summed E-state index contributed by atoms with van der Waals surface area (Å²) in [5.74, 6) is 0.479. The molecule has 1 saturated heterocycles. The quantitative estimate of drug-likeness (QED) is 0.220. The second kappa shape index (κ2) is 13.3. The third kappa shape index (κ3) is 9.16. The molecule has 0 radical (unpaired) electrons. The fraction of sp³-hybridized carbons (Fsp3) is 0.632. The monoisotopic (exact) mass is 476 g/mol. The number of halogens is 1. The van der Waals surface area contributed by atoms with Crippen molar-refractivity contribution >= 4 is 29.9 Å². The van der Waals surface area contributed by atoms with Crippen molar-refractivity contribution in [1.29, 1.82) is 0 Å². The average Bonchev–Trinajstić information content (AvgIpc) is 2.63. The summed E-state index contributed by atoms with van der Waals surface area (Å²) in [6.45, 7) is 7.73. The van der Waals surface area contributed by atoms with E-state index >= 15 is 0 Å². The molecule has 6 nitrogen and oxygen atoms in total. The Morgan fingerprint density at radius 1 is 1.27 bits per heavy atom. The normalized spacial score (nSPS) is 16.3. The van der Waals surface area contributed by atoms with Gasteiger partial charge in [0.05, 0.1) is 12.6 Å². The van der Waals surface area contributed by atoms with Crippen molar-refractivity contribution in [2.24, 2.45) is 10.7 Å². The van der Waals surface area contributed by atoms with E-state index in [-0.39, 0.29) is 30.1 Å². The van der Waals surface area contributed by atoms with E-state index in [0.717, 1.165) is 64.2 Å². The molecule has 4 N–H and O–H groups in total.